The summed E-state index contributed by atoms with van der Waals surface area (Å²) in [7, 11) is 0. The standard InChI is InChI=1S/C13H23N5O2/c1-5-6-14-9(2)10-16-17-12(20-10)18-8-7-15-11(19)13(18,3)4/h9,14H,5-8H2,1-4H3,(H,15,19). The van der Waals surface area contributed by atoms with E-state index in [-0.39, 0.29) is 11.9 Å². The summed E-state index contributed by atoms with van der Waals surface area (Å²) in [6, 6.07) is 0.419. The number of piperazine rings is 1. The van der Waals surface area contributed by atoms with Crippen LogP contribution in [0.15, 0.2) is 4.42 Å². The first-order chi connectivity index (χ1) is 9.46. The number of anilines is 1. The monoisotopic (exact) mass is 281 g/mol. The van der Waals surface area contributed by atoms with Crippen molar-refractivity contribution in [2.24, 2.45) is 0 Å². The lowest BCUT2D eigenvalue weighted by atomic mass is 10.00. The van der Waals surface area contributed by atoms with Gasteiger partial charge in [-0.05, 0) is 33.7 Å². The summed E-state index contributed by atoms with van der Waals surface area (Å²) < 4.78 is 5.73. The Balaban J connectivity index is 2.13. The van der Waals surface area contributed by atoms with Crippen LogP contribution in [0.1, 0.15) is 46.0 Å². The number of hydrogen-bond donors (Lipinski definition) is 2. The Bertz CT molecular complexity index is 471. The largest absolute Gasteiger partial charge is 0.406 e. The summed E-state index contributed by atoms with van der Waals surface area (Å²) in [6.45, 7) is 9.94. The Morgan fingerprint density at radius 3 is 2.95 bits per heavy atom. The number of carbonyl (C=O) groups excluding carboxylic acids is 1. The molecule has 1 aliphatic rings. The van der Waals surface area contributed by atoms with E-state index in [2.05, 4.69) is 27.8 Å². The van der Waals surface area contributed by atoms with Gasteiger partial charge in [-0.25, -0.2) is 0 Å². The van der Waals surface area contributed by atoms with Gasteiger partial charge in [0.05, 0.1) is 6.04 Å². The molecule has 0 aliphatic carbocycles. The van der Waals surface area contributed by atoms with Crippen LogP contribution >= 0.6 is 0 Å². The second-order valence-electron chi connectivity index (χ2n) is 5.57. The van der Waals surface area contributed by atoms with Crippen molar-refractivity contribution in [3.05, 3.63) is 5.89 Å². The normalized spacial score (nSPS) is 19.8. The van der Waals surface area contributed by atoms with Crippen LogP contribution in [0.25, 0.3) is 0 Å². The molecule has 1 fully saturated rings. The molecule has 2 N–H and O–H groups in total. The van der Waals surface area contributed by atoms with Crippen LogP contribution < -0.4 is 15.5 Å². The number of hydrogen-bond acceptors (Lipinski definition) is 6. The van der Waals surface area contributed by atoms with Crippen molar-refractivity contribution in [3.63, 3.8) is 0 Å². The molecule has 0 aromatic carbocycles. The lowest BCUT2D eigenvalue weighted by Crippen LogP contribution is -2.62. The van der Waals surface area contributed by atoms with E-state index in [0.29, 0.717) is 25.0 Å². The van der Waals surface area contributed by atoms with E-state index >= 15 is 0 Å². The van der Waals surface area contributed by atoms with Crippen LogP contribution in [0.2, 0.25) is 0 Å². The fourth-order valence-electron chi connectivity index (χ4n) is 2.19. The molecular formula is C13H23N5O2. The zero-order valence-electron chi connectivity index (χ0n) is 12.6. The molecule has 1 unspecified atom stereocenters. The van der Waals surface area contributed by atoms with E-state index < -0.39 is 5.54 Å². The van der Waals surface area contributed by atoms with Crippen LogP contribution in [0.4, 0.5) is 6.01 Å². The third-order valence-electron chi connectivity index (χ3n) is 3.58. The molecule has 1 aliphatic heterocycles. The first kappa shape index (κ1) is 14.8. The fourth-order valence-corrected chi connectivity index (χ4v) is 2.19. The minimum atomic E-state index is -0.678. The zero-order chi connectivity index (χ0) is 14.8. The Labute approximate surface area is 119 Å². The van der Waals surface area contributed by atoms with Gasteiger partial charge in [-0.3, -0.25) is 4.79 Å². The van der Waals surface area contributed by atoms with Crippen LogP contribution in [0.5, 0.6) is 0 Å². The highest BCUT2D eigenvalue weighted by Gasteiger charge is 2.40. The van der Waals surface area contributed by atoms with Crippen LogP contribution in [-0.4, -0.2) is 41.3 Å². The second kappa shape index (κ2) is 5.78. The first-order valence-electron chi connectivity index (χ1n) is 7.09. The maximum absolute atomic E-state index is 11.9. The summed E-state index contributed by atoms with van der Waals surface area (Å²) in [5, 5.41) is 14.3. The maximum atomic E-state index is 11.9. The number of carbonyl (C=O) groups is 1. The van der Waals surface area contributed by atoms with Gasteiger partial charge in [0, 0.05) is 13.1 Å². The molecule has 0 saturated carbocycles. The second-order valence-corrected chi connectivity index (χ2v) is 5.57. The van der Waals surface area contributed by atoms with Crippen molar-refractivity contribution in [3.8, 4) is 0 Å². The summed E-state index contributed by atoms with van der Waals surface area (Å²) in [6.07, 6.45) is 1.05. The number of nitrogens with one attached hydrogen (secondary N) is 2. The Morgan fingerprint density at radius 1 is 1.50 bits per heavy atom. The van der Waals surface area contributed by atoms with E-state index in [1.807, 2.05) is 25.7 Å². The Morgan fingerprint density at radius 2 is 2.25 bits per heavy atom. The van der Waals surface area contributed by atoms with Crippen molar-refractivity contribution in [2.75, 3.05) is 24.5 Å². The summed E-state index contributed by atoms with van der Waals surface area (Å²) in [5.74, 6) is 0.524. The van der Waals surface area contributed by atoms with E-state index in [9.17, 15) is 4.79 Å². The zero-order valence-corrected chi connectivity index (χ0v) is 12.6. The lowest BCUT2D eigenvalue weighted by molar-refractivity contribution is -0.126. The van der Waals surface area contributed by atoms with Crippen molar-refractivity contribution in [2.45, 2.75) is 45.7 Å². The maximum Gasteiger partial charge on any atom is 0.319 e. The minimum absolute atomic E-state index is 0.0120. The lowest BCUT2D eigenvalue weighted by Gasteiger charge is -2.39. The highest BCUT2D eigenvalue weighted by atomic mass is 16.4. The average Bonchev–Trinajstić information content (AvgIpc) is 2.88. The molecule has 1 aromatic rings. The molecule has 1 saturated heterocycles. The van der Waals surface area contributed by atoms with Crippen LogP contribution in [-0.2, 0) is 4.79 Å². The number of nitrogens with zero attached hydrogens (tertiary/aromatic N) is 3. The van der Waals surface area contributed by atoms with E-state index in [1.54, 1.807) is 0 Å². The quantitative estimate of drug-likeness (QED) is 0.832. The van der Waals surface area contributed by atoms with E-state index in [1.165, 1.54) is 0 Å². The summed E-state index contributed by atoms with van der Waals surface area (Å²) in [4.78, 5) is 13.8. The SMILES string of the molecule is CCCNC(C)c1nnc(N2CCNC(=O)C2(C)C)o1. The van der Waals surface area contributed by atoms with Gasteiger partial charge < -0.3 is 20.0 Å². The van der Waals surface area contributed by atoms with Gasteiger partial charge in [-0.2, -0.15) is 0 Å². The van der Waals surface area contributed by atoms with Crippen molar-refractivity contribution in [1.29, 1.82) is 0 Å². The molecule has 0 bridgehead atoms. The smallest absolute Gasteiger partial charge is 0.319 e. The van der Waals surface area contributed by atoms with Gasteiger partial charge in [0.1, 0.15) is 5.54 Å². The molecule has 1 amide bonds. The van der Waals surface area contributed by atoms with Crippen LogP contribution in [0, 0.1) is 0 Å². The Kier molecular flexibility index (Phi) is 4.27. The van der Waals surface area contributed by atoms with E-state index in [4.69, 9.17) is 4.42 Å². The summed E-state index contributed by atoms with van der Waals surface area (Å²) in [5.41, 5.74) is -0.678. The molecule has 2 heterocycles. The molecule has 0 spiro atoms. The van der Waals surface area contributed by atoms with Gasteiger partial charge in [-0.15, -0.1) is 5.10 Å². The van der Waals surface area contributed by atoms with Crippen molar-refractivity contribution < 1.29 is 9.21 Å². The Hall–Kier alpha value is -1.63. The topological polar surface area (TPSA) is 83.3 Å². The third-order valence-corrected chi connectivity index (χ3v) is 3.58. The number of rotatable bonds is 5. The molecule has 7 heteroatoms. The molecule has 7 nitrogen and oxygen atoms in total. The third kappa shape index (κ3) is 2.77. The van der Waals surface area contributed by atoms with Gasteiger partial charge in [0.15, 0.2) is 0 Å². The van der Waals surface area contributed by atoms with Crippen LogP contribution in [0.3, 0.4) is 0 Å². The predicted octanol–water partition coefficient (Wildman–Crippen LogP) is 0.845. The number of aromatic nitrogens is 2. The average molecular weight is 281 g/mol. The fraction of sp³-hybridized carbons (Fsp3) is 0.769. The first-order valence-corrected chi connectivity index (χ1v) is 7.09. The predicted molar refractivity (Wildman–Crippen MR) is 75.4 cm³/mol. The number of amides is 1. The molecule has 20 heavy (non-hydrogen) atoms. The minimum Gasteiger partial charge on any atom is -0.406 e. The van der Waals surface area contributed by atoms with Crippen molar-refractivity contribution in [1.82, 2.24) is 20.8 Å². The van der Waals surface area contributed by atoms with Gasteiger partial charge in [0.2, 0.25) is 11.8 Å². The highest BCUT2D eigenvalue weighted by molar-refractivity contribution is 5.89. The summed E-state index contributed by atoms with van der Waals surface area (Å²) >= 11 is 0. The van der Waals surface area contributed by atoms with Gasteiger partial charge >= 0.3 is 6.01 Å². The molecular weight excluding hydrogens is 258 g/mol. The molecule has 112 valence electrons. The molecule has 1 atom stereocenters. The van der Waals surface area contributed by atoms with Gasteiger partial charge in [0.25, 0.3) is 0 Å². The van der Waals surface area contributed by atoms with Crippen molar-refractivity contribution >= 4 is 11.9 Å². The molecule has 2 rings (SSSR count). The van der Waals surface area contributed by atoms with Gasteiger partial charge in [-0.1, -0.05) is 12.0 Å². The molecule has 0 radical (unpaired) electrons. The highest BCUT2D eigenvalue weighted by Crippen LogP contribution is 2.26. The molecule has 1 aromatic heterocycles. The van der Waals surface area contributed by atoms with E-state index in [0.717, 1.165) is 13.0 Å².